The summed E-state index contributed by atoms with van der Waals surface area (Å²) in [5, 5.41) is 0.876. The van der Waals surface area contributed by atoms with Crippen molar-refractivity contribution in [2.45, 2.75) is 26.2 Å². The molecule has 3 nitrogen and oxygen atoms in total. The first-order valence-electron chi connectivity index (χ1n) is 5.12. The van der Waals surface area contributed by atoms with Gasteiger partial charge >= 0.3 is 0 Å². The van der Waals surface area contributed by atoms with Crippen LogP contribution in [-0.4, -0.2) is 11.3 Å². The fraction of sp³-hybridized carbons (Fsp3) is 0.333. The minimum atomic E-state index is -0.191. The summed E-state index contributed by atoms with van der Waals surface area (Å²) < 4.78 is 5.24. The molecule has 0 fully saturated rings. The number of thiazole rings is 1. The van der Waals surface area contributed by atoms with Crippen molar-refractivity contribution in [3.8, 4) is 0 Å². The fourth-order valence-electron chi connectivity index (χ4n) is 1.50. The third-order valence-corrected chi connectivity index (χ3v) is 3.73. The van der Waals surface area contributed by atoms with Gasteiger partial charge in [-0.3, -0.25) is 0 Å². The number of carbonyl (C=O) groups is 1. The number of aldehydes is 1. The van der Waals surface area contributed by atoms with Gasteiger partial charge in [0.25, 0.3) is 0 Å². The van der Waals surface area contributed by atoms with Gasteiger partial charge in [-0.05, 0) is 26.0 Å². The van der Waals surface area contributed by atoms with E-state index in [1.54, 1.807) is 17.6 Å². The normalized spacial score (nSPS) is 12.6. The lowest BCUT2D eigenvalue weighted by molar-refractivity contribution is -0.109. The first-order chi connectivity index (χ1) is 7.70. The molecule has 0 N–H and O–H groups in total. The minimum Gasteiger partial charge on any atom is -0.469 e. The van der Waals surface area contributed by atoms with E-state index in [-0.39, 0.29) is 5.92 Å². The Kier molecular flexibility index (Phi) is 3.19. The van der Waals surface area contributed by atoms with E-state index in [2.05, 4.69) is 4.98 Å². The van der Waals surface area contributed by atoms with E-state index in [0.29, 0.717) is 6.42 Å². The van der Waals surface area contributed by atoms with Gasteiger partial charge in [-0.25, -0.2) is 4.98 Å². The maximum Gasteiger partial charge on any atom is 0.130 e. The van der Waals surface area contributed by atoms with Gasteiger partial charge in [-0.1, -0.05) is 0 Å². The average molecular weight is 235 g/mol. The Balaban J connectivity index is 2.19. The molecule has 0 aliphatic carbocycles. The lowest BCUT2D eigenvalue weighted by Crippen LogP contribution is -2.03. The maximum absolute atomic E-state index is 11.1. The Morgan fingerprint density at radius 2 is 2.38 bits per heavy atom. The second-order valence-electron chi connectivity index (χ2n) is 3.72. The van der Waals surface area contributed by atoms with Crippen molar-refractivity contribution in [1.29, 1.82) is 0 Å². The van der Waals surface area contributed by atoms with Crippen molar-refractivity contribution in [1.82, 2.24) is 4.98 Å². The zero-order chi connectivity index (χ0) is 11.5. The van der Waals surface area contributed by atoms with E-state index in [0.717, 1.165) is 22.7 Å². The predicted octanol–water partition coefficient (Wildman–Crippen LogP) is 2.88. The summed E-state index contributed by atoms with van der Waals surface area (Å²) in [6, 6.07) is 3.71. The highest BCUT2D eigenvalue weighted by atomic mass is 32.1. The van der Waals surface area contributed by atoms with Crippen LogP contribution < -0.4 is 0 Å². The minimum absolute atomic E-state index is 0.191. The van der Waals surface area contributed by atoms with Crippen LogP contribution in [0.25, 0.3) is 0 Å². The highest BCUT2D eigenvalue weighted by Crippen LogP contribution is 2.25. The largest absolute Gasteiger partial charge is 0.469 e. The molecule has 0 radical (unpaired) electrons. The zero-order valence-corrected chi connectivity index (χ0v) is 10.1. The van der Waals surface area contributed by atoms with Crippen LogP contribution >= 0.6 is 11.3 Å². The molecule has 0 aromatic carbocycles. The quantitative estimate of drug-likeness (QED) is 0.765. The summed E-state index contributed by atoms with van der Waals surface area (Å²) in [7, 11) is 0. The van der Waals surface area contributed by atoms with Gasteiger partial charge in [-0.15, -0.1) is 11.3 Å². The average Bonchev–Trinajstić information content (AvgIpc) is 2.86. The summed E-state index contributed by atoms with van der Waals surface area (Å²) in [6.45, 7) is 3.98. The molecule has 1 unspecified atom stereocenters. The van der Waals surface area contributed by atoms with Crippen LogP contribution in [0.1, 0.15) is 27.3 Å². The molecule has 0 saturated carbocycles. The van der Waals surface area contributed by atoms with E-state index in [1.807, 2.05) is 26.0 Å². The molecule has 2 heterocycles. The number of nitrogens with zero attached hydrogens (tertiary/aromatic N) is 1. The molecule has 2 rings (SSSR count). The summed E-state index contributed by atoms with van der Waals surface area (Å²) in [6.07, 6.45) is 3.15. The number of aryl methyl sites for hydroxylation is 2. The van der Waals surface area contributed by atoms with Crippen LogP contribution in [0.3, 0.4) is 0 Å². The molecule has 84 valence electrons. The lowest BCUT2D eigenvalue weighted by atomic mass is 10.1. The van der Waals surface area contributed by atoms with Gasteiger partial charge < -0.3 is 9.21 Å². The number of rotatable bonds is 4. The van der Waals surface area contributed by atoms with Crippen molar-refractivity contribution < 1.29 is 9.21 Å². The van der Waals surface area contributed by atoms with E-state index in [4.69, 9.17) is 4.42 Å². The molecule has 0 bridgehead atoms. The molecular weight excluding hydrogens is 222 g/mol. The van der Waals surface area contributed by atoms with Gasteiger partial charge in [-0.2, -0.15) is 0 Å². The Labute approximate surface area is 98.1 Å². The fourth-order valence-corrected chi connectivity index (χ4v) is 2.48. The Morgan fingerprint density at radius 1 is 1.56 bits per heavy atom. The smallest absolute Gasteiger partial charge is 0.130 e. The predicted molar refractivity (Wildman–Crippen MR) is 62.8 cm³/mol. The number of carbonyl (C=O) groups excluding carboxylic acids is 1. The molecule has 0 aliphatic heterocycles. The van der Waals surface area contributed by atoms with Crippen molar-refractivity contribution in [3.63, 3.8) is 0 Å². The highest BCUT2D eigenvalue weighted by molar-refractivity contribution is 7.11. The molecule has 0 amide bonds. The van der Waals surface area contributed by atoms with Gasteiger partial charge in [0.05, 0.1) is 17.9 Å². The van der Waals surface area contributed by atoms with Crippen molar-refractivity contribution >= 4 is 17.6 Å². The number of furan rings is 1. The molecular formula is C12H13NO2S. The van der Waals surface area contributed by atoms with Crippen molar-refractivity contribution in [3.05, 3.63) is 39.7 Å². The highest BCUT2D eigenvalue weighted by Gasteiger charge is 2.17. The zero-order valence-electron chi connectivity index (χ0n) is 9.27. The molecule has 0 spiro atoms. The van der Waals surface area contributed by atoms with E-state index in [1.165, 1.54) is 4.88 Å². The first-order valence-corrected chi connectivity index (χ1v) is 5.94. The summed E-state index contributed by atoms with van der Waals surface area (Å²) in [4.78, 5) is 16.7. The number of hydrogen-bond donors (Lipinski definition) is 0. The van der Waals surface area contributed by atoms with Gasteiger partial charge in [0, 0.05) is 11.3 Å². The van der Waals surface area contributed by atoms with Crippen LogP contribution in [0.2, 0.25) is 0 Å². The van der Waals surface area contributed by atoms with E-state index in [9.17, 15) is 4.79 Å². The Morgan fingerprint density at radius 3 is 2.88 bits per heavy atom. The Bertz CT molecular complexity index is 454. The summed E-state index contributed by atoms with van der Waals surface area (Å²) in [5.41, 5.74) is 1.01. The lowest BCUT2D eigenvalue weighted by Gasteiger charge is -2.03. The van der Waals surface area contributed by atoms with Crippen LogP contribution in [0.5, 0.6) is 0 Å². The van der Waals surface area contributed by atoms with Crippen molar-refractivity contribution in [2.75, 3.05) is 0 Å². The second-order valence-corrected chi connectivity index (χ2v) is 4.95. The topological polar surface area (TPSA) is 43.1 Å². The number of hydrogen-bond acceptors (Lipinski definition) is 4. The third-order valence-electron chi connectivity index (χ3n) is 2.53. The monoisotopic (exact) mass is 235 g/mol. The molecule has 0 saturated heterocycles. The maximum atomic E-state index is 11.1. The van der Waals surface area contributed by atoms with Gasteiger partial charge in [0.15, 0.2) is 0 Å². The second kappa shape index (κ2) is 4.61. The molecule has 2 aromatic heterocycles. The van der Waals surface area contributed by atoms with Crippen molar-refractivity contribution in [2.24, 2.45) is 0 Å². The van der Waals surface area contributed by atoms with Crippen LogP contribution in [0.15, 0.2) is 22.8 Å². The van der Waals surface area contributed by atoms with Crippen LogP contribution in [-0.2, 0) is 11.2 Å². The van der Waals surface area contributed by atoms with Crippen LogP contribution in [0, 0.1) is 13.8 Å². The standard InChI is InChI=1S/C12H13NO2S/c1-8-9(2)16-12(13-8)10(7-14)6-11-4-3-5-15-11/h3-5,7,10H,6H2,1-2H3. The van der Waals surface area contributed by atoms with Gasteiger partial charge in [0.2, 0.25) is 0 Å². The number of aromatic nitrogens is 1. The SMILES string of the molecule is Cc1nc(C(C=O)Cc2ccco2)sc1C. The molecule has 16 heavy (non-hydrogen) atoms. The van der Waals surface area contributed by atoms with Crippen LogP contribution in [0.4, 0.5) is 0 Å². The van der Waals surface area contributed by atoms with E-state index >= 15 is 0 Å². The summed E-state index contributed by atoms with van der Waals surface area (Å²) >= 11 is 1.58. The molecule has 4 heteroatoms. The summed E-state index contributed by atoms with van der Waals surface area (Å²) in [5.74, 6) is 0.631. The molecule has 2 aromatic rings. The Hall–Kier alpha value is -1.42. The van der Waals surface area contributed by atoms with E-state index < -0.39 is 0 Å². The third kappa shape index (κ3) is 2.22. The van der Waals surface area contributed by atoms with Gasteiger partial charge in [0.1, 0.15) is 17.1 Å². The first kappa shape index (κ1) is 11.1. The molecule has 1 atom stereocenters. The molecule has 0 aliphatic rings.